The molecule has 0 aliphatic carbocycles. The number of nitrogens with two attached hydrogens (primary N) is 2. The molecule has 2 heterocycles. The minimum Gasteiger partial charge on any atom is -0.481 e. The van der Waals surface area contributed by atoms with Crippen molar-refractivity contribution in [3.8, 4) is 12.1 Å². The summed E-state index contributed by atoms with van der Waals surface area (Å²) < 4.78 is 0. The van der Waals surface area contributed by atoms with Gasteiger partial charge in [0, 0.05) is 6.92 Å². The van der Waals surface area contributed by atoms with Crippen molar-refractivity contribution in [1.29, 1.82) is 10.5 Å². The summed E-state index contributed by atoms with van der Waals surface area (Å²) in [7, 11) is 0. The van der Waals surface area contributed by atoms with E-state index in [9.17, 15) is 0 Å². The molecule has 0 spiro atoms. The second kappa shape index (κ2) is 10.4. The molecule has 0 aromatic carbocycles. The number of nitrogens with zero attached hydrogens (tertiary/aromatic N) is 4. The number of carbonyl (C=O) groups is 1. The van der Waals surface area contributed by atoms with Crippen LogP contribution in [-0.4, -0.2) is 21.0 Å². The van der Waals surface area contributed by atoms with Crippen LogP contribution in [0.2, 0.25) is 5.02 Å². The summed E-state index contributed by atoms with van der Waals surface area (Å²) in [6.07, 6.45) is 0. The van der Waals surface area contributed by atoms with E-state index in [0.29, 0.717) is 33.4 Å². The van der Waals surface area contributed by atoms with Gasteiger partial charge < -0.3 is 16.6 Å². The van der Waals surface area contributed by atoms with Crippen molar-refractivity contribution in [1.82, 2.24) is 9.97 Å². The molecule has 0 radical (unpaired) electrons. The van der Waals surface area contributed by atoms with Crippen LogP contribution in [-0.2, 0) is 4.79 Å². The first kappa shape index (κ1) is 21.6. The molecule has 8 nitrogen and oxygen atoms in total. The molecule has 25 heavy (non-hydrogen) atoms. The molecular formula is C16H17ClN6O2. The first-order chi connectivity index (χ1) is 11.6. The maximum Gasteiger partial charge on any atom is 0.300 e. The molecule has 0 saturated carbocycles. The van der Waals surface area contributed by atoms with Crippen LogP contribution in [0, 0.1) is 36.5 Å². The lowest BCUT2D eigenvalue weighted by Crippen LogP contribution is -1.95. The maximum atomic E-state index is 9.00. The van der Waals surface area contributed by atoms with Crippen LogP contribution in [0.25, 0.3) is 0 Å². The van der Waals surface area contributed by atoms with Crippen molar-refractivity contribution in [3.63, 3.8) is 0 Å². The highest BCUT2D eigenvalue weighted by atomic mass is 35.5. The van der Waals surface area contributed by atoms with Gasteiger partial charge in [-0.1, -0.05) is 11.6 Å². The summed E-state index contributed by atoms with van der Waals surface area (Å²) in [5.41, 5.74) is 13.1. The predicted molar refractivity (Wildman–Crippen MR) is 94.5 cm³/mol. The molecular weight excluding hydrogens is 344 g/mol. The Morgan fingerprint density at radius 3 is 2.04 bits per heavy atom. The fourth-order valence-corrected chi connectivity index (χ4v) is 1.56. The predicted octanol–water partition coefficient (Wildman–Crippen LogP) is 2.43. The van der Waals surface area contributed by atoms with Gasteiger partial charge >= 0.3 is 0 Å². The number of nitriles is 2. The van der Waals surface area contributed by atoms with Crippen molar-refractivity contribution in [2.24, 2.45) is 0 Å². The number of hydrogen-bond donors (Lipinski definition) is 3. The number of halogens is 1. The number of hydrogen-bond acceptors (Lipinski definition) is 7. The summed E-state index contributed by atoms with van der Waals surface area (Å²) in [6, 6.07) is 8.76. The number of aromatic nitrogens is 2. The van der Waals surface area contributed by atoms with Gasteiger partial charge in [0.1, 0.15) is 23.8 Å². The molecule has 0 aliphatic rings. The molecule has 0 unspecified atom stereocenters. The Labute approximate surface area is 150 Å². The van der Waals surface area contributed by atoms with Crippen molar-refractivity contribution in [2.45, 2.75) is 20.8 Å². The van der Waals surface area contributed by atoms with Gasteiger partial charge in [0.2, 0.25) is 0 Å². The quantitative estimate of drug-likeness (QED) is 0.644. The van der Waals surface area contributed by atoms with Crippen LogP contribution < -0.4 is 11.5 Å². The largest absolute Gasteiger partial charge is 0.481 e. The fourth-order valence-electron chi connectivity index (χ4n) is 1.41. The van der Waals surface area contributed by atoms with E-state index in [1.165, 1.54) is 6.07 Å². The van der Waals surface area contributed by atoms with Crippen LogP contribution >= 0.6 is 11.6 Å². The topological polar surface area (TPSA) is 163 Å². The highest BCUT2D eigenvalue weighted by molar-refractivity contribution is 6.32. The molecule has 0 amide bonds. The van der Waals surface area contributed by atoms with Gasteiger partial charge in [-0.3, -0.25) is 4.79 Å². The zero-order valence-corrected chi connectivity index (χ0v) is 14.7. The monoisotopic (exact) mass is 360 g/mol. The molecule has 2 aromatic rings. The van der Waals surface area contributed by atoms with Gasteiger partial charge in [-0.15, -0.1) is 0 Å². The molecule has 0 saturated heterocycles. The van der Waals surface area contributed by atoms with Crippen LogP contribution in [0.1, 0.15) is 29.4 Å². The third kappa shape index (κ3) is 8.16. The number of pyridine rings is 2. The van der Waals surface area contributed by atoms with Gasteiger partial charge in [-0.05, 0) is 32.0 Å². The first-order valence-corrected chi connectivity index (χ1v) is 7.15. The van der Waals surface area contributed by atoms with Gasteiger partial charge in [0.25, 0.3) is 5.97 Å². The van der Waals surface area contributed by atoms with Crippen molar-refractivity contribution >= 4 is 29.2 Å². The number of aryl methyl sites for hydroxylation is 2. The second-order valence-corrected chi connectivity index (χ2v) is 5.01. The van der Waals surface area contributed by atoms with E-state index >= 15 is 0 Å². The minimum absolute atomic E-state index is 0.267. The van der Waals surface area contributed by atoms with Crippen molar-refractivity contribution in [2.75, 3.05) is 11.5 Å². The Balaban J connectivity index is 0.000000383. The normalized spacial score (nSPS) is 8.56. The Bertz CT molecular complexity index is 836. The van der Waals surface area contributed by atoms with E-state index in [2.05, 4.69) is 9.97 Å². The highest BCUT2D eigenvalue weighted by Crippen LogP contribution is 2.18. The Hall–Kier alpha value is -3.36. The molecule has 2 rings (SSSR count). The summed E-state index contributed by atoms with van der Waals surface area (Å²) >= 11 is 5.63. The molecule has 0 bridgehead atoms. The van der Waals surface area contributed by atoms with Gasteiger partial charge in [-0.2, -0.15) is 10.5 Å². The van der Waals surface area contributed by atoms with Crippen LogP contribution in [0.3, 0.4) is 0 Å². The van der Waals surface area contributed by atoms with E-state index in [1.54, 1.807) is 26.0 Å². The van der Waals surface area contributed by atoms with Gasteiger partial charge in [0.15, 0.2) is 0 Å². The van der Waals surface area contributed by atoms with Crippen molar-refractivity contribution < 1.29 is 9.90 Å². The van der Waals surface area contributed by atoms with E-state index in [4.69, 9.17) is 43.5 Å². The average Bonchev–Trinajstić information content (AvgIpc) is 2.51. The van der Waals surface area contributed by atoms with Gasteiger partial charge in [0.05, 0.1) is 27.5 Å². The molecule has 0 fully saturated rings. The molecule has 9 heteroatoms. The summed E-state index contributed by atoms with van der Waals surface area (Å²) in [5.74, 6) is -0.111. The number of rotatable bonds is 0. The molecule has 2 aromatic heterocycles. The maximum absolute atomic E-state index is 9.00. The van der Waals surface area contributed by atoms with E-state index < -0.39 is 5.97 Å². The Kier molecular flexibility index (Phi) is 9.02. The van der Waals surface area contributed by atoms with E-state index in [1.807, 2.05) is 12.1 Å². The van der Waals surface area contributed by atoms with Crippen LogP contribution in [0.5, 0.6) is 0 Å². The Morgan fingerprint density at radius 1 is 1.12 bits per heavy atom. The summed E-state index contributed by atoms with van der Waals surface area (Å²) in [5, 5.41) is 24.8. The lowest BCUT2D eigenvalue weighted by Gasteiger charge is -1.99. The van der Waals surface area contributed by atoms with Crippen LogP contribution in [0.4, 0.5) is 11.6 Å². The minimum atomic E-state index is -0.833. The third-order valence-electron chi connectivity index (χ3n) is 2.54. The molecule has 0 aliphatic heterocycles. The second-order valence-electron chi connectivity index (χ2n) is 4.60. The highest BCUT2D eigenvalue weighted by Gasteiger charge is 2.03. The number of nitrogen functional groups attached to an aromatic ring is 2. The van der Waals surface area contributed by atoms with Crippen molar-refractivity contribution in [3.05, 3.63) is 45.7 Å². The van der Waals surface area contributed by atoms with Gasteiger partial charge in [-0.25, -0.2) is 9.97 Å². The Morgan fingerprint density at radius 2 is 1.60 bits per heavy atom. The average molecular weight is 361 g/mol. The molecule has 5 N–H and O–H groups in total. The SMILES string of the molecule is CC(=O)O.Cc1nc(N)c(Cl)cc1C#N.Cc1nc(N)ccc1C#N. The lowest BCUT2D eigenvalue weighted by atomic mass is 10.2. The lowest BCUT2D eigenvalue weighted by molar-refractivity contribution is -0.134. The first-order valence-electron chi connectivity index (χ1n) is 6.77. The standard InChI is InChI=1S/C7H6ClN3.C7H7N3.C2H4O2/c1-4-5(3-9)2-6(8)7(10)11-4;1-5-6(4-8)2-3-7(9)10-5;1-2(3)4/h2H,1H3,(H2,10,11);2-3H,1H3,(H2,9,10);1H3,(H,3,4). The fraction of sp³-hybridized carbons (Fsp3) is 0.188. The summed E-state index contributed by atoms with van der Waals surface area (Å²) in [4.78, 5) is 16.8. The number of aliphatic carboxylic acids is 1. The zero-order chi connectivity index (χ0) is 19.6. The van der Waals surface area contributed by atoms with E-state index in [0.717, 1.165) is 6.92 Å². The van der Waals surface area contributed by atoms with E-state index in [-0.39, 0.29) is 5.82 Å². The number of carboxylic acids is 1. The number of carboxylic acid groups (broad SMARTS) is 1. The smallest absolute Gasteiger partial charge is 0.300 e. The van der Waals surface area contributed by atoms with Crippen LogP contribution in [0.15, 0.2) is 18.2 Å². The third-order valence-corrected chi connectivity index (χ3v) is 2.84. The molecule has 130 valence electrons. The zero-order valence-electron chi connectivity index (χ0n) is 13.9. The number of anilines is 2. The summed E-state index contributed by atoms with van der Waals surface area (Å²) in [6.45, 7) is 4.56. The molecule has 0 atom stereocenters.